The number of amides is 1. The van der Waals surface area contributed by atoms with E-state index >= 15 is 0 Å². The van der Waals surface area contributed by atoms with Crippen molar-refractivity contribution in [2.24, 2.45) is 10.7 Å². The van der Waals surface area contributed by atoms with Gasteiger partial charge in [0.1, 0.15) is 17.1 Å². The van der Waals surface area contributed by atoms with Crippen molar-refractivity contribution in [3.63, 3.8) is 0 Å². The standard InChI is InChI=1S/C23H22F6N4O2/c1-20(12-21(35-19(30)33-20)6-8-22(25,26)9-7-21)15-10-14(3-4-16(15)24)32-18(34)17-5-2-13(11-31-17)23(27,28)29/h2-5,10-11H,6-9,12H2,1H3,(H2,30,33)(H,32,34). The Morgan fingerprint density at radius 1 is 1.11 bits per heavy atom. The smallest absolute Gasteiger partial charge is 0.417 e. The van der Waals surface area contributed by atoms with Crippen LogP contribution < -0.4 is 11.1 Å². The average molecular weight is 500 g/mol. The first-order valence-corrected chi connectivity index (χ1v) is 10.8. The zero-order chi connectivity index (χ0) is 25.6. The van der Waals surface area contributed by atoms with Gasteiger partial charge in [0.25, 0.3) is 11.9 Å². The predicted molar refractivity (Wildman–Crippen MR) is 114 cm³/mol. The molecule has 1 atom stereocenters. The van der Waals surface area contributed by atoms with E-state index in [-0.39, 0.29) is 42.2 Å². The zero-order valence-corrected chi connectivity index (χ0v) is 18.6. The van der Waals surface area contributed by atoms with E-state index in [9.17, 15) is 31.1 Å². The molecule has 1 saturated carbocycles. The molecule has 188 valence electrons. The maximum absolute atomic E-state index is 14.9. The summed E-state index contributed by atoms with van der Waals surface area (Å²) in [7, 11) is 0. The van der Waals surface area contributed by atoms with Gasteiger partial charge in [0.2, 0.25) is 5.92 Å². The summed E-state index contributed by atoms with van der Waals surface area (Å²) in [6.45, 7) is 1.60. The molecule has 1 unspecified atom stereocenters. The van der Waals surface area contributed by atoms with Gasteiger partial charge in [-0.2, -0.15) is 13.2 Å². The van der Waals surface area contributed by atoms with Crippen molar-refractivity contribution in [1.82, 2.24) is 4.98 Å². The summed E-state index contributed by atoms with van der Waals surface area (Å²) in [5.74, 6) is -4.27. The van der Waals surface area contributed by atoms with E-state index < -0.39 is 53.4 Å². The molecule has 0 bridgehead atoms. The SMILES string of the molecule is CC1(c2cc(NC(=O)c3ccc(C(F)(F)F)cn3)ccc2F)CC2(CCC(F)(F)CC2)OC(N)=N1. The summed E-state index contributed by atoms with van der Waals surface area (Å²) in [6.07, 6.45) is -4.72. The summed E-state index contributed by atoms with van der Waals surface area (Å²) in [6, 6.07) is 5.10. The molecule has 1 aromatic carbocycles. The van der Waals surface area contributed by atoms with Gasteiger partial charge >= 0.3 is 6.18 Å². The van der Waals surface area contributed by atoms with E-state index in [0.29, 0.717) is 6.20 Å². The number of hydrogen-bond donors (Lipinski definition) is 2. The Labute approximate surface area is 196 Å². The Hall–Kier alpha value is -3.31. The Kier molecular flexibility index (Phi) is 5.97. The number of amidine groups is 1. The highest BCUT2D eigenvalue weighted by Crippen LogP contribution is 2.49. The molecule has 6 nitrogen and oxygen atoms in total. The van der Waals surface area contributed by atoms with Gasteiger partial charge in [-0.3, -0.25) is 9.78 Å². The number of nitrogens with zero attached hydrogens (tertiary/aromatic N) is 2. The van der Waals surface area contributed by atoms with Crippen molar-refractivity contribution in [2.45, 2.75) is 62.3 Å². The second kappa shape index (κ2) is 8.42. The third-order valence-corrected chi connectivity index (χ3v) is 6.37. The number of pyridine rings is 1. The van der Waals surface area contributed by atoms with Crippen LogP contribution >= 0.6 is 0 Å². The lowest BCUT2D eigenvalue weighted by Crippen LogP contribution is -2.51. The molecule has 12 heteroatoms. The van der Waals surface area contributed by atoms with Crippen LogP contribution in [-0.4, -0.2) is 28.4 Å². The van der Waals surface area contributed by atoms with Crippen LogP contribution in [0.25, 0.3) is 0 Å². The maximum atomic E-state index is 14.9. The number of nitrogens with one attached hydrogen (secondary N) is 1. The number of halogens is 6. The first-order valence-electron chi connectivity index (χ1n) is 10.8. The molecular formula is C23H22F6N4O2. The summed E-state index contributed by atoms with van der Waals surface area (Å²) in [4.78, 5) is 20.3. The Morgan fingerprint density at radius 2 is 1.80 bits per heavy atom. The number of aromatic nitrogens is 1. The zero-order valence-electron chi connectivity index (χ0n) is 18.6. The van der Waals surface area contributed by atoms with Crippen LogP contribution in [0.1, 0.15) is 60.6 Å². The minimum absolute atomic E-state index is 0.0173. The molecule has 35 heavy (non-hydrogen) atoms. The highest BCUT2D eigenvalue weighted by Gasteiger charge is 2.51. The Bertz CT molecular complexity index is 1160. The van der Waals surface area contributed by atoms with E-state index in [1.54, 1.807) is 6.92 Å². The van der Waals surface area contributed by atoms with Crippen LogP contribution in [0.2, 0.25) is 0 Å². The summed E-state index contributed by atoms with van der Waals surface area (Å²) in [5, 5.41) is 2.47. The molecule has 1 spiro atoms. The lowest BCUT2D eigenvalue weighted by Gasteiger charge is -2.47. The van der Waals surface area contributed by atoms with Crippen molar-refractivity contribution < 1.29 is 35.9 Å². The molecule has 3 N–H and O–H groups in total. The highest BCUT2D eigenvalue weighted by atomic mass is 19.4. The molecule has 4 rings (SSSR count). The van der Waals surface area contributed by atoms with E-state index in [2.05, 4.69) is 15.3 Å². The summed E-state index contributed by atoms with van der Waals surface area (Å²) in [5.41, 5.74) is 2.48. The number of benzene rings is 1. The van der Waals surface area contributed by atoms with E-state index in [1.165, 1.54) is 12.1 Å². The Morgan fingerprint density at radius 3 is 2.40 bits per heavy atom. The minimum atomic E-state index is -4.60. The first kappa shape index (κ1) is 24.8. The van der Waals surface area contributed by atoms with Crippen LogP contribution in [0.4, 0.5) is 32.0 Å². The number of carbonyl (C=O) groups is 1. The molecule has 2 aromatic rings. The fraction of sp³-hybridized carbons (Fsp3) is 0.435. The van der Waals surface area contributed by atoms with Gasteiger partial charge in [-0.05, 0) is 50.1 Å². The molecule has 0 saturated heterocycles. The van der Waals surface area contributed by atoms with Gasteiger partial charge < -0.3 is 15.8 Å². The molecule has 2 heterocycles. The Balaban J connectivity index is 1.58. The summed E-state index contributed by atoms with van der Waals surface area (Å²) >= 11 is 0. The lowest BCUT2D eigenvalue weighted by molar-refractivity contribution is -0.137. The molecule has 1 fully saturated rings. The molecule has 1 aliphatic carbocycles. The minimum Gasteiger partial charge on any atom is -0.459 e. The molecule has 1 aliphatic heterocycles. The predicted octanol–water partition coefficient (Wildman–Crippen LogP) is 5.39. The van der Waals surface area contributed by atoms with Crippen molar-refractivity contribution >= 4 is 17.6 Å². The number of aliphatic imine (C=N–C) groups is 1. The van der Waals surface area contributed by atoms with Gasteiger partial charge in [-0.1, -0.05) is 0 Å². The van der Waals surface area contributed by atoms with Crippen LogP contribution in [0.5, 0.6) is 0 Å². The number of carbonyl (C=O) groups excluding carboxylic acids is 1. The number of ether oxygens (including phenoxy) is 1. The monoisotopic (exact) mass is 500 g/mol. The van der Waals surface area contributed by atoms with Gasteiger partial charge in [-0.25, -0.2) is 18.2 Å². The molecular weight excluding hydrogens is 478 g/mol. The number of nitrogens with two attached hydrogens (primary N) is 1. The topological polar surface area (TPSA) is 89.6 Å². The number of anilines is 1. The quantitative estimate of drug-likeness (QED) is 0.553. The van der Waals surface area contributed by atoms with Crippen LogP contribution in [0.3, 0.4) is 0 Å². The van der Waals surface area contributed by atoms with Crippen molar-refractivity contribution in [3.8, 4) is 0 Å². The molecule has 1 aromatic heterocycles. The lowest BCUT2D eigenvalue weighted by atomic mass is 9.72. The third-order valence-electron chi connectivity index (χ3n) is 6.37. The maximum Gasteiger partial charge on any atom is 0.417 e. The largest absolute Gasteiger partial charge is 0.459 e. The molecule has 0 radical (unpaired) electrons. The van der Waals surface area contributed by atoms with Crippen LogP contribution in [0, 0.1) is 5.82 Å². The molecule has 1 amide bonds. The van der Waals surface area contributed by atoms with E-state index in [4.69, 9.17) is 10.5 Å². The van der Waals surface area contributed by atoms with Crippen molar-refractivity contribution in [1.29, 1.82) is 0 Å². The molecule has 2 aliphatic rings. The van der Waals surface area contributed by atoms with Crippen molar-refractivity contribution in [2.75, 3.05) is 5.32 Å². The van der Waals surface area contributed by atoms with Gasteiger partial charge in [0.15, 0.2) is 0 Å². The second-order valence-corrected chi connectivity index (χ2v) is 9.12. The normalized spacial score (nSPS) is 23.3. The number of hydrogen-bond acceptors (Lipinski definition) is 5. The fourth-order valence-electron chi connectivity index (χ4n) is 4.60. The van der Waals surface area contributed by atoms with Gasteiger partial charge in [-0.15, -0.1) is 0 Å². The van der Waals surface area contributed by atoms with Gasteiger partial charge in [0.05, 0.1) is 11.1 Å². The number of alkyl halides is 5. The van der Waals surface area contributed by atoms with Crippen molar-refractivity contribution in [3.05, 3.63) is 59.2 Å². The first-order chi connectivity index (χ1) is 16.2. The highest BCUT2D eigenvalue weighted by molar-refractivity contribution is 6.02. The summed E-state index contributed by atoms with van der Waals surface area (Å²) < 4.78 is 86.2. The van der Waals surface area contributed by atoms with E-state index in [1.807, 2.05) is 0 Å². The van der Waals surface area contributed by atoms with E-state index in [0.717, 1.165) is 18.2 Å². The van der Waals surface area contributed by atoms with Gasteiger partial charge in [0, 0.05) is 36.7 Å². The third kappa shape index (κ3) is 5.20. The fourth-order valence-corrected chi connectivity index (χ4v) is 4.60. The number of rotatable bonds is 3. The second-order valence-electron chi connectivity index (χ2n) is 9.12. The van der Waals surface area contributed by atoms with Crippen LogP contribution in [0.15, 0.2) is 41.5 Å². The average Bonchev–Trinajstić information content (AvgIpc) is 2.76. The van der Waals surface area contributed by atoms with Crippen LogP contribution in [-0.2, 0) is 16.5 Å².